The first-order chi connectivity index (χ1) is 18.1. The number of aliphatic hydroxyl groups is 1. The van der Waals surface area contributed by atoms with E-state index in [1.165, 1.54) is 42.5 Å². The van der Waals surface area contributed by atoms with Crippen LogP contribution in [0.3, 0.4) is 0 Å². The molecule has 0 saturated carbocycles. The average Bonchev–Trinajstić information content (AvgIpc) is 3.46. The van der Waals surface area contributed by atoms with Gasteiger partial charge in [-0.15, -0.1) is 0 Å². The Morgan fingerprint density at radius 2 is 1.68 bits per heavy atom. The van der Waals surface area contributed by atoms with Crippen molar-refractivity contribution in [1.82, 2.24) is 4.81 Å². The Bertz CT molecular complexity index is 1270. The van der Waals surface area contributed by atoms with Crippen molar-refractivity contribution >= 4 is 25.6 Å². The number of benzene rings is 2. The molecule has 0 amide bonds. The molecule has 3 aliphatic rings. The van der Waals surface area contributed by atoms with Gasteiger partial charge in [0.05, 0.1) is 28.4 Å². The van der Waals surface area contributed by atoms with Gasteiger partial charge < -0.3 is 29.7 Å². The van der Waals surface area contributed by atoms with Crippen LogP contribution in [-0.2, 0) is 4.70 Å². The van der Waals surface area contributed by atoms with Crippen LogP contribution in [0.15, 0.2) is 36.4 Å². The fourth-order valence-corrected chi connectivity index (χ4v) is 3.64. The Hall–Kier alpha value is -4.39. The summed E-state index contributed by atoms with van der Waals surface area (Å²) >= 11 is 0. The summed E-state index contributed by atoms with van der Waals surface area (Å²) in [5.74, 6) is 2.48. The fraction of sp³-hybridized carbons (Fsp3) is 0.333. The zero-order valence-electron chi connectivity index (χ0n) is 20.0. The number of rotatable bonds is 5. The Balaban J connectivity index is 0.000000182. The van der Waals surface area contributed by atoms with Gasteiger partial charge in [-0.25, -0.2) is 4.81 Å². The Morgan fingerprint density at radius 3 is 2.16 bits per heavy atom. The second-order valence-electron chi connectivity index (χ2n) is 7.88. The number of nitrogens with zero attached hydrogens (tertiary/aromatic N) is 3. The zero-order valence-corrected chi connectivity index (χ0v) is 20.0. The molecule has 1 spiro atoms. The van der Waals surface area contributed by atoms with E-state index in [9.17, 15) is 25.3 Å². The van der Waals surface area contributed by atoms with Gasteiger partial charge in [-0.05, 0) is 25.5 Å². The predicted molar refractivity (Wildman–Crippen MR) is 130 cm³/mol. The third-order valence-electron chi connectivity index (χ3n) is 5.42. The minimum atomic E-state index is -0.994. The van der Waals surface area contributed by atoms with Crippen LogP contribution in [-0.4, -0.2) is 64.3 Å². The number of hydrogen-bond donors (Lipinski definition) is 3. The summed E-state index contributed by atoms with van der Waals surface area (Å²) in [5.41, 5.74) is 5.30. The van der Waals surface area contributed by atoms with E-state index >= 15 is 0 Å². The van der Waals surface area contributed by atoms with Crippen LogP contribution in [0, 0.1) is 32.2 Å². The van der Waals surface area contributed by atoms with Crippen LogP contribution in [0.4, 0.5) is 11.4 Å². The molecule has 15 nitrogen and oxygen atoms in total. The van der Waals surface area contributed by atoms with Crippen LogP contribution in [0.25, 0.3) is 0 Å². The van der Waals surface area contributed by atoms with Crippen molar-refractivity contribution in [2.75, 3.05) is 13.1 Å². The fourth-order valence-electron chi connectivity index (χ4n) is 3.64. The van der Waals surface area contributed by atoms with Crippen LogP contribution in [0.5, 0.6) is 23.0 Å². The Kier molecular flexibility index (Phi) is 9.07. The summed E-state index contributed by atoms with van der Waals surface area (Å²) in [5, 5.41) is 38.2. The monoisotopic (exact) mass is 528 g/mol. The van der Waals surface area contributed by atoms with E-state index in [1.807, 2.05) is 0 Å². The van der Waals surface area contributed by atoms with Gasteiger partial charge in [-0.1, -0.05) is 0 Å². The van der Waals surface area contributed by atoms with Crippen molar-refractivity contribution in [3.8, 4) is 34.9 Å². The molecule has 2 unspecified atom stereocenters. The molecule has 0 aromatic heterocycles. The first-order valence-electron chi connectivity index (χ1n) is 11.2. The molecular weight excluding hydrogens is 506 g/mol. The third kappa shape index (κ3) is 6.29. The van der Waals surface area contributed by atoms with Crippen molar-refractivity contribution in [3.05, 3.63) is 56.6 Å². The van der Waals surface area contributed by atoms with Crippen molar-refractivity contribution in [2.24, 2.45) is 5.73 Å². The van der Waals surface area contributed by atoms with Gasteiger partial charge in [0.25, 0.3) is 11.4 Å². The molecule has 2 aromatic carbocycles. The zero-order chi connectivity index (χ0) is 27.9. The maximum absolute atomic E-state index is 10.7. The van der Waals surface area contributed by atoms with Crippen LogP contribution >= 0.6 is 0 Å². The van der Waals surface area contributed by atoms with Gasteiger partial charge in [-0.2, -0.15) is 0 Å². The third-order valence-corrected chi connectivity index (χ3v) is 5.42. The number of fused-ring (bicyclic) bond motifs is 2. The maximum atomic E-state index is 10.7. The number of aliphatic hydroxyl groups excluding tert-OH is 1. The molecule has 1 saturated heterocycles. The van der Waals surface area contributed by atoms with Gasteiger partial charge >= 0.3 is 41.8 Å². The minimum absolute atomic E-state index is 0.00857. The molecule has 2 atom stereocenters. The van der Waals surface area contributed by atoms with Crippen LogP contribution < -0.4 is 24.7 Å². The molecule has 3 aliphatic heterocycles. The molecule has 0 aliphatic carbocycles. The number of nitrogens with two attached hydrogens (primary N) is 1. The summed E-state index contributed by atoms with van der Waals surface area (Å²) < 4.78 is 31.1. The van der Waals surface area contributed by atoms with Crippen molar-refractivity contribution < 1.29 is 43.6 Å². The molecule has 5 rings (SSSR count). The van der Waals surface area contributed by atoms with E-state index in [0.717, 1.165) is 0 Å². The molecular formula is C21H22B2N4O11. The van der Waals surface area contributed by atoms with Gasteiger partial charge in [-0.3, -0.25) is 20.2 Å². The standard InChI is InChI=1S/C10H11BN2O5.C9H10N2O4.C2HBO2/c1-11(14)12-5-4-10(12)17-8-3-2-7(13(15)16)6-9(8)18-10;10-4-3-9-14-7-2-1-6(11(12)13)5-8(7)15-9;4-2-1-3-5/h2-3,6,14H,4-5H2,1H3;1-2,5,9H,3-4,10H2;4H. The predicted octanol–water partition coefficient (Wildman–Crippen LogP) is 1.20. The molecule has 3 heterocycles. The molecule has 2 aromatic rings. The molecule has 0 bridgehead atoms. The number of nitro benzene ring substituents is 2. The number of non-ortho nitro benzene ring substituents is 2. The van der Waals surface area contributed by atoms with Crippen molar-refractivity contribution in [3.63, 3.8) is 0 Å². The summed E-state index contributed by atoms with van der Waals surface area (Å²) in [4.78, 5) is 21.9. The number of ether oxygens (including phenoxy) is 4. The quantitative estimate of drug-likeness (QED) is 0.216. The second kappa shape index (κ2) is 12.2. The van der Waals surface area contributed by atoms with Crippen LogP contribution in [0.1, 0.15) is 12.8 Å². The summed E-state index contributed by atoms with van der Waals surface area (Å²) in [6.45, 7) is 2.73. The average molecular weight is 528 g/mol. The van der Waals surface area contributed by atoms with E-state index in [2.05, 4.69) is 0 Å². The Labute approximate surface area is 216 Å². The summed E-state index contributed by atoms with van der Waals surface area (Å²) in [6, 6.07) is 8.48. The van der Waals surface area contributed by atoms with Crippen molar-refractivity contribution in [2.45, 2.75) is 31.9 Å². The van der Waals surface area contributed by atoms with E-state index in [-0.39, 0.29) is 11.4 Å². The van der Waals surface area contributed by atoms with E-state index in [4.69, 9.17) is 34.5 Å². The van der Waals surface area contributed by atoms with Gasteiger partial charge in [0, 0.05) is 25.1 Å². The van der Waals surface area contributed by atoms with Gasteiger partial charge in [0.15, 0.2) is 23.0 Å². The van der Waals surface area contributed by atoms with E-state index < -0.39 is 29.1 Å². The first-order valence-corrected chi connectivity index (χ1v) is 11.2. The van der Waals surface area contributed by atoms with Crippen molar-refractivity contribution in [1.29, 1.82) is 0 Å². The van der Waals surface area contributed by atoms with Crippen LogP contribution in [0.2, 0.25) is 6.82 Å². The number of nitro groups is 2. The molecule has 198 valence electrons. The summed E-state index contributed by atoms with van der Waals surface area (Å²) in [7, 11) is -0.372. The molecule has 0 radical (unpaired) electrons. The summed E-state index contributed by atoms with van der Waals surface area (Å²) in [6.07, 6.45) is 2.14. The van der Waals surface area contributed by atoms with E-state index in [0.29, 0.717) is 56.1 Å². The topological polar surface area (TPSA) is 210 Å². The normalized spacial score (nSPS) is 19.3. The molecule has 1 fully saturated rings. The number of hydrogen-bond acceptors (Lipinski definition) is 13. The first kappa shape index (κ1) is 28.2. The van der Waals surface area contributed by atoms with Gasteiger partial charge in [0.2, 0.25) is 6.29 Å². The van der Waals surface area contributed by atoms with E-state index in [1.54, 1.807) is 17.5 Å². The molecule has 4 N–H and O–H groups in total. The Morgan fingerprint density at radius 1 is 1.11 bits per heavy atom. The molecule has 38 heavy (non-hydrogen) atoms. The molecule has 17 heteroatoms. The van der Waals surface area contributed by atoms with Gasteiger partial charge in [0.1, 0.15) is 0 Å². The second-order valence-corrected chi connectivity index (χ2v) is 7.88. The SMILES string of the molecule is CB(O)N1CCC12Oc1ccc([N+](=O)[O-])cc1O2.NCCC1Oc2ccc([N+](=O)[O-])cc2O1.O=BC#CO.